The fraction of sp³-hybridized carbons (Fsp3) is 0.867. The molecule has 1 saturated carbocycles. The maximum absolute atomic E-state index is 12.6. The molecule has 1 heterocycles. The van der Waals surface area contributed by atoms with Gasteiger partial charge in [0, 0.05) is 44.7 Å². The second-order valence-electron chi connectivity index (χ2n) is 5.96. The number of hydrogen-bond acceptors (Lipinski definition) is 5. The van der Waals surface area contributed by atoms with Gasteiger partial charge in [0.05, 0.1) is 25.7 Å². The molecule has 2 rings (SSSR count). The zero-order chi connectivity index (χ0) is 15.1. The Labute approximate surface area is 126 Å². The van der Waals surface area contributed by atoms with Crippen LogP contribution in [0.25, 0.3) is 0 Å². The van der Waals surface area contributed by atoms with E-state index in [-0.39, 0.29) is 17.9 Å². The highest BCUT2D eigenvalue weighted by Crippen LogP contribution is 2.26. The van der Waals surface area contributed by atoms with E-state index in [9.17, 15) is 4.79 Å². The molecule has 21 heavy (non-hydrogen) atoms. The normalized spacial score (nSPS) is 26.5. The van der Waals surface area contributed by atoms with Gasteiger partial charge in [0.1, 0.15) is 0 Å². The maximum atomic E-state index is 12.6. The number of nitriles is 1. The van der Waals surface area contributed by atoms with Crippen molar-refractivity contribution in [1.82, 2.24) is 9.80 Å². The van der Waals surface area contributed by atoms with E-state index in [0.29, 0.717) is 19.5 Å². The van der Waals surface area contributed by atoms with Gasteiger partial charge in [-0.05, 0) is 19.3 Å². The van der Waals surface area contributed by atoms with E-state index < -0.39 is 0 Å². The van der Waals surface area contributed by atoms with Crippen LogP contribution in [0.5, 0.6) is 0 Å². The molecule has 118 valence electrons. The van der Waals surface area contributed by atoms with E-state index in [0.717, 1.165) is 52.1 Å². The molecule has 0 spiro atoms. The summed E-state index contributed by atoms with van der Waals surface area (Å²) in [6.45, 7) is 5.48. The molecule has 0 aromatic rings. The molecule has 0 aromatic carbocycles. The molecule has 2 atom stereocenters. The number of hydrogen-bond donors (Lipinski definition) is 1. The summed E-state index contributed by atoms with van der Waals surface area (Å²) in [6.07, 6.45) is 3.01. The molecule has 1 amide bonds. The van der Waals surface area contributed by atoms with Crippen molar-refractivity contribution >= 4 is 5.91 Å². The Morgan fingerprint density at radius 3 is 2.71 bits per heavy atom. The molecular weight excluding hydrogens is 268 g/mol. The molecule has 2 fully saturated rings. The first-order chi connectivity index (χ1) is 10.2. The molecule has 2 unspecified atom stereocenters. The second kappa shape index (κ2) is 8.32. The second-order valence-corrected chi connectivity index (χ2v) is 5.96. The number of carbonyl (C=O) groups is 1. The summed E-state index contributed by atoms with van der Waals surface area (Å²) >= 11 is 0. The Balaban J connectivity index is 1.84. The lowest BCUT2D eigenvalue weighted by atomic mass is 10.1. The zero-order valence-electron chi connectivity index (χ0n) is 12.7. The molecule has 1 aliphatic carbocycles. The van der Waals surface area contributed by atoms with Gasteiger partial charge in [0.25, 0.3) is 0 Å². The maximum Gasteiger partial charge on any atom is 0.225 e. The Morgan fingerprint density at radius 2 is 2.10 bits per heavy atom. The van der Waals surface area contributed by atoms with E-state index in [1.54, 1.807) is 0 Å². The lowest BCUT2D eigenvalue weighted by molar-refractivity contribution is -0.135. The Kier molecular flexibility index (Phi) is 6.43. The van der Waals surface area contributed by atoms with Crippen LogP contribution in [0.15, 0.2) is 0 Å². The first kappa shape index (κ1) is 16.2. The highest BCUT2D eigenvalue weighted by atomic mass is 16.5. The lowest BCUT2D eigenvalue weighted by Gasteiger charge is -2.31. The van der Waals surface area contributed by atoms with Crippen molar-refractivity contribution in [2.75, 3.05) is 45.9 Å². The highest BCUT2D eigenvalue weighted by molar-refractivity contribution is 5.79. The predicted octanol–water partition coefficient (Wildman–Crippen LogP) is 0.188. The molecular formula is C15H26N4O2. The van der Waals surface area contributed by atoms with Crippen molar-refractivity contribution in [2.45, 2.75) is 31.7 Å². The molecule has 1 saturated heterocycles. The quantitative estimate of drug-likeness (QED) is 0.756. The molecule has 0 bridgehead atoms. The first-order valence-electron chi connectivity index (χ1n) is 7.92. The van der Waals surface area contributed by atoms with Gasteiger partial charge in [-0.3, -0.25) is 9.69 Å². The number of nitrogens with two attached hydrogens (primary N) is 1. The van der Waals surface area contributed by atoms with Gasteiger partial charge in [-0.25, -0.2) is 0 Å². The first-order valence-corrected chi connectivity index (χ1v) is 7.92. The molecule has 0 radical (unpaired) electrons. The van der Waals surface area contributed by atoms with Gasteiger partial charge in [0.15, 0.2) is 0 Å². The van der Waals surface area contributed by atoms with Gasteiger partial charge in [-0.15, -0.1) is 0 Å². The predicted molar refractivity (Wildman–Crippen MR) is 79.4 cm³/mol. The van der Waals surface area contributed by atoms with E-state index >= 15 is 0 Å². The number of amides is 1. The van der Waals surface area contributed by atoms with Crippen LogP contribution in [0, 0.1) is 17.2 Å². The van der Waals surface area contributed by atoms with Crippen LogP contribution in [0.1, 0.15) is 25.7 Å². The molecule has 2 aliphatic rings. The summed E-state index contributed by atoms with van der Waals surface area (Å²) in [5.74, 6) is 0.245. The fourth-order valence-electron chi connectivity index (χ4n) is 3.10. The van der Waals surface area contributed by atoms with E-state index in [2.05, 4.69) is 11.0 Å². The van der Waals surface area contributed by atoms with Crippen LogP contribution in [-0.4, -0.2) is 67.7 Å². The Morgan fingerprint density at radius 1 is 1.33 bits per heavy atom. The summed E-state index contributed by atoms with van der Waals surface area (Å²) < 4.78 is 5.33. The van der Waals surface area contributed by atoms with Crippen molar-refractivity contribution in [1.29, 1.82) is 5.26 Å². The zero-order valence-corrected chi connectivity index (χ0v) is 12.7. The summed E-state index contributed by atoms with van der Waals surface area (Å²) in [5.41, 5.74) is 5.91. The standard InChI is InChI=1S/C15H26N4O2/c16-4-1-5-19(7-6-18-8-10-21-11-9-18)15(20)13-2-3-14(17)12-13/h13-14H,1-3,5-12,17H2. The largest absolute Gasteiger partial charge is 0.379 e. The molecule has 2 N–H and O–H groups in total. The third kappa shape index (κ3) is 4.95. The van der Waals surface area contributed by atoms with Gasteiger partial charge in [0.2, 0.25) is 5.91 Å². The SMILES string of the molecule is N#CCCN(CCN1CCOCC1)C(=O)C1CCC(N)C1. The fourth-order valence-corrected chi connectivity index (χ4v) is 3.10. The van der Waals surface area contributed by atoms with Gasteiger partial charge >= 0.3 is 0 Å². The van der Waals surface area contributed by atoms with Crippen molar-refractivity contribution < 1.29 is 9.53 Å². The smallest absolute Gasteiger partial charge is 0.225 e. The molecule has 6 heteroatoms. The third-order valence-electron chi connectivity index (χ3n) is 4.42. The highest BCUT2D eigenvalue weighted by Gasteiger charge is 2.31. The van der Waals surface area contributed by atoms with E-state index in [4.69, 9.17) is 15.7 Å². The van der Waals surface area contributed by atoms with Crippen molar-refractivity contribution in [3.63, 3.8) is 0 Å². The Hall–Kier alpha value is -1.16. The number of carbonyl (C=O) groups excluding carboxylic acids is 1. The molecule has 1 aliphatic heterocycles. The van der Waals surface area contributed by atoms with Crippen LogP contribution in [0.2, 0.25) is 0 Å². The van der Waals surface area contributed by atoms with Gasteiger partial charge < -0.3 is 15.4 Å². The monoisotopic (exact) mass is 294 g/mol. The summed E-state index contributed by atoms with van der Waals surface area (Å²) in [5, 5.41) is 8.79. The average Bonchev–Trinajstić information content (AvgIpc) is 2.94. The summed E-state index contributed by atoms with van der Waals surface area (Å²) in [7, 11) is 0. The molecule has 6 nitrogen and oxygen atoms in total. The number of morpholine rings is 1. The summed E-state index contributed by atoms with van der Waals surface area (Å²) in [4.78, 5) is 16.8. The summed E-state index contributed by atoms with van der Waals surface area (Å²) in [6, 6.07) is 2.30. The topological polar surface area (TPSA) is 82.6 Å². The minimum Gasteiger partial charge on any atom is -0.379 e. The minimum absolute atomic E-state index is 0.0587. The van der Waals surface area contributed by atoms with Crippen molar-refractivity contribution in [3.8, 4) is 6.07 Å². The lowest BCUT2D eigenvalue weighted by Crippen LogP contribution is -2.44. The minimum atomic E-state index is 0.0587. The number of rotatable bonds is 6. The van der Waals surface area contributed by atoms with Crippen molar-refractivity contribution in [3.05, 3.63) is 0 Å². The number of nitrogens with zero attached hydrogens (tertiary/aromatic N) is 3. The van der Waals surface area contributed by atoms with Crippen LogP contribution in [0.4, 0.5) is 0 Å². The Bertz CT molecular complexity index is 376. The van der Waals surface area contributed by atoms with Crippen molar-refractivity contribution in [2.24, 2.45) is 11.7 Å². The van der Waals surface area contributed by atoms with Gasteiger partial charge in [-0.2, -0.15) is 5.26 Å². The van der Waals surface area contributed by atoms with Gasteiger partial charge in [-0.1, -0.05) is 0 Å². The van der Waals surface area contributed by atoms with Crippen LogP contribution in [0.3, 0.4) is 0 Å². The molecule has 0 aromatic heterocycles. The number of ether oxygens (including phenoxy) is 1. The van der Waals surface area contributed by atoms with E-state index in [1.807, 2.05) is 4.90 Å². The van der Waals surface area contributed by atoms with E-state index in [1.165, 1.54) is 0 Å². The third-order valence-corrected chi connectivity index (χ3v) is 4.42. The van der Waals surface area contributed by atoms with Crippen LogP contribution < -0.4 is 5.73 Å². The average molecular weight is 294 g/mol. The van der Waals surface area contributed by atoms with Crippen LogP contribution >= 0.6 is 0 Å². The van der Waals surface area contributed by atoms with Crippen LogP contribution in [-0.2, 0) is 9.53 Å².